The van der Waals surface area contributed by atoms with Gasteiger partial charge in [-0.05, 0) is 55.5 Å². The van der Waals surface area contributed by atoms with Crippen molar-refractivity contribution in [1.82, 2.24) is 10.7 Å². The third-order valence-corrected chi connectivity index (χ3v) is 5.89. The standard InChI is InChI=1S/C24H19BrClN3O2/c1-15-2-6-18(7-3-15)23(30)27-21-22(17-8-12-20(26)13-9-17)29(28-24(21)31)14-16-4-10-19(25)11-5-16/h2-14,21-22H,1H3,(H-,27,28,30,31)/p+1/b29-14-/t21-,22-/m0/s1. The highest BCUT2D eigenvalue weighted by molar-refractivity contribution is 9.10. The third kappa shape index (κ3) is 4.86. The van der Waals surface area contributed by atoms with Crippen LogP contribution in [-0.4, -0.2) is 28.8 Å². The SMILES string of the molecule is Cc1ccc(C(=O)N[C@@H]2C(=O)N/[N+](=C\c3ccc(Br)cc3)[C@H]2c2ccc(Cl)cc2)cc1. The molecule has 1 heterocycles. The molecule has 0 radical (unpaired) electrons. The van der Waals surface area contributed by atoms with Gasteiger partial charge in [-0.15, -0.1) is 10.1 Å². The van der Waals surface area contributed by atoms with Crippen LogP contribution in [0.25, 0.3) is 0 Å². The maximum Gasteiger partial charge on any atom is 0.304 e. The van der Waals surface area contributed by atoms with Crippen LogP contribution in [0.4, 0.5) is 0 Å². The fourth-order valence-corrected chi connectivity index (χ4v) is 3.87. The average molecular weight is 498 g/mol. The van der Waals surface area contributed by atoms with Crippen LogP contribution in [-0.2, 0) is 4.79 Å². The molecule has 0 bridgehead atoms. The van der Waals surface area contributed by atoms with Crippen molar-refractivity contribution in [2.45, 2.75) is 19.0 Å². The molecule has 2 atom stereocenters. The van der Waals surface area contributed by atoms with Crippen LogP contribution in [0.5, 0.6) is 0 Å². The minimum atomic E-state index is -0.776. The fraction of sp³-hybridized carbons (Fsp3) is 0.125. The molecule has 0 saturated carbocycles. The van der Waals surface area contributed by atoms with E-state index in [1.165, 1.54) is 0 Å². The van der Waals surface area contributed by atoms with Gasteiger partial charge in [0.05, 0.1) is 0 Å². The number of benzene rings is 3. The molecule has 5 nitrogen and oxygen atoms in total. The summed E-state index contributed by atoms with van der Waals surface area (Å²) in [7, 11) is 0. The van der Waals surface area contributed by atoms with Crippen LogP contribution in [0.1, 0.15) is 33.1 Å². The second-order valence-corrected chi connectivity index (χ2v) is 8.73. The van der Waals surface area contributed by atoms with Crippen molar-refractivity contribution in [2.24, 2.45) is 0 Å². The monoisotopic (exact) mass is 496 g/mol. The zero-order chi connectivity index (χ0) is 22.0. The Balaban J connectivity index is 1.69. The molecule has 1 aliphatic rings. The van der Waals surface area contributed by atoms with Crippen molar-refractivity contribution < 1.29 is 14.3 Å². The molecule has 4 rings (SSSR count). The Labute approximate surface area is 193 Å². The first-order valence-corrected chi connectivity index (χ1v) is 10.9. The Morgan fingerprint density at radius 2 is 1.68 bits per heavy atom. The van der Waals surface area contributed by atoms with E-state index in [1.54, 1.807) is 28.9 Å². The lowest BCUT2D eigenvalue weighted by Crippen LogP contribution is -2.42. The number of rotatable bonds is 4. The summed E-state index contributed by atoms with van der Waals surface area (Å²) in [6.45, 7) is 1.96. The van der Waals surface area contributed by atoms with Gasteiger partial charge in [-0.2, -0.15) is 0 Å². The van der Waals surface area contributed by atoms with Gasteiger partial charge < -0.3 is 5.32 Å². The van der Waals surface area contributed by atoms with Gasteiger partial charge >= 0.3 is 5.91 Å². The lowest BCUT2D eigenvalue weighted by atomic mass is 9.99. The molecule has 156 valence electrons. The van der Waals surface area contributed by atoms with Crippen molar-refractivity contribution in [1.29, 1.82) is 0 Å². The van der Waals surface area contributed by atoms with Gasteiger partial charge in [-0.25, -0.2) is 0 Å². The first kappa shape index (κ1) is 21.3. The molecule has 2 amide bonds. The summed E-state index contributed by atoms with van der Waals surface area (Å²) in [6, 6.07) is 21.0. The number of amides is 2. The zero-order valence-electron chi connectivity index (χ0n) is 16.7. The molecule has 0 aromatic heterocycles. The maximum atomic E-state index is 12.9. The fourth-order valence-electron chi connectivity index (χ4n) is 3.48. The van der Waals surface area contributed by atoms with E-state index in [0.717, 1.165) is 21.2 Å². The van der Waals surface area contributed by atoms with Gasteiger partial charge in [-0.1, -0.05) is 57.4 Å². The van der Waals surface area contributed by atoms with E-state index in [0.29, 0.717) is 10.6 Å². The zero-order valence-corrected chi connectivity index (χ0v) is 19.0. The minimum Gasteiger partial charge on any atom is -0.334 e. The number of nitrogens with zero attached hydrogens (tertiary/aromatic N) is 1. The molecular formula is C24H20BrClN3O2+. The lowest BCUT2D eigenvalue weighted by molar-refractivity contribution is -0.596. The first-order chi connectivity index (χ1) is 14.9. The molecule has 0 spiro atoms. The Hall–Kier alpha value is -2.96. The highest BCUT2D eigenvalue weighted by atomic mass is 79.9. The predicted octanol–water partition coefficient (Wildman–Crippen LogP) is 4.43. The Morgan fingerprint density at radius 1 is 1.03 bits per heavy atom. The van der Waals surface area contributed by atoms with Gasteiger partial charge in [0.2, 0.25) is 12.3 Å². The van der Waals surface area contributed by atoms with Crippen molar-refractivity contribution in [3.8, 4) is 0 Å². The highest BCUT2D eigenvalue weighted by Gasteiger charge is 2.47. The number of hydrazone groups is 1. The lowest BCUT2D eigenvalue weighted by Gasteiger charge is -2.15. The van der Waals surface area contributed by atoms with Crippen LogP contribution >= 0.6 is 27.5 Å². The van der Waals surface area contributed by atoms with Gasteiger partial charge in [0.15, 0.2) is 6.04 Å². The second kappa shape index (κ2) is 9.04. The van der Waals surface area contributed by atoms with Crippen molar-refractivity contribution in [3.63, 3.8) is 0 Å². The van der Waals surface area contributed by atoms with Gasteiger partial charge in [0.1, 0.15) is 0 Å². The first-order valence-electron chi connectivity index (χ1n) is 9.73. The van der Waals surface area contributed by atoms with E-state index < -0.39 is 12.1 Å². The van der Waals surface area contributed by atoms with Crippen LogP contribution in [0, 0.1) is 6.92 Å². The second-order valence-electron chi connectivity index (χ2n) is 7.38. The Kier molecular flexibility index (Phi) is 6.20. The number of aryl methyl sites for hydroxylation is 1. The summed E-state index contributed by atoms with van der Waals surface area (Å²) in [4.78, 5) is 25.7. The highest BCUT2D eigenvalue weighted by Crippen LogP contribution is 2.27. The van der Waals surface area contributed by atoms with E-state index in [4.69, 9.17) is 11.6 Å². The molecule has 1 fully saturated rings. The molecule has 31 heavy (non-hydrogen) atoms. The molecule has 1 aliphatic heterocycles. The molecule has 0 unspecified atom stereocenters. The predicted molar refractivity (Wildman–Crippen MR) is 124 cm³/mol. The van der Waals surface area contributed by atoms with Crippen LogP contribution in [0.15, 0.2) is 77.3 Å². The summed E-state index contributed by atoms with van der Waals surface area (Å²) in [6.07, 6.45) is 1.85. The molecule has 7 heteroatoms. The number of hydrogen-bond donors (Lipinski definition) is 2. The quantitative estimate of drug-likeness (QED) is 0.524. The summed E-state index contributed by atoms with van der Waals surface area (Å²) in [5.74, 6) is -0.585. The third-order valence-electron chi connectivity index (χ3n) is 5.11. The molecular weight excluding hydrogens is 478 g/mol. The molecule has 0 aliphatic carbocycles. The maximum absolute atomic E-state index is 12.9. The van der Waals surface area contributed by atoms with Crippen LogP contribution in [0.2, 0.25) is 5.02 Å². The van der Waals surface area contributed by atoms with E-state index in [9.17, 15) is 9.59 Å². The van der Waals surface area contributed by atoms with E-state index in [2.05, 4.69) is 26.7 Å². The van der Waals surface area contributed by atoms with Crippen LogP contribution < -0.4 is 10.7 Å². The van der Waals surface area contributed by atoms with E-state index in [-0.39, 0.29) is 11.8 Å². The summed E-state index contributed by atoms with van der Waals surface area (Å²) >= 11 is 9.49. The smallest absolute Gasteiger partial charge is 0.304 e. The van der Waals surface area contributed by atoms with Crippen molar-refractivity contribution in [2.75, 3.05) is 0 Å². The van der Waals surface area contributed by atoms with Crippen molar-refractivity contribution >= 4 is 45.6 Å². The normalized spacial score (nSPS) is 19.3. The molecule has 2 N–H and O–H groups in total. The topological polar surface area (TPSA) is 61.2 Å². The Bertz CT molecular complexity index is 1140. The van der Waals surface area contributed by atoms with Gasteiger partial charge in [-0.3, -0.25) is 9.59 Å². The molecule has 1 saturated heterocycles. The average Bonchev–Trinajstić information content (AvgIpc) is 3.05. The number of hydrogen-bond acceptors (Lipinski definition) is 2. The molecule has 3 aromatic carbocycles. The van der Waals surface area contributed by atoms with Gasteiger partial charge in [0, 0.05) is 26.2 Å². The minimum absolute atomic E-state index is 0.284. The van der Waals surface area contributed by atoms with Crippen molar-refractivity contribution in [3.05, 3.63) is 105 Å². The number of carbonyl (C=O) groups excluding carboxylic acids is 2. The molecule has 3 aromatic rings. The number of hydrazine groups is 1. The Morgan fingerprint density at radius 3 is 2.32 bits per heavy atom. The summed E-state index contributed by atoms with van der Waals surface area (Å²) < 4.78 is 2.70. The summed E-state index contributed by atoms with van der Waals surface area (Å²) in [5.41, 5.74) is 6.20. The number of nitrogens with one attached hydrogen (secondary N) is 2. The van der Waals surface area contributed by atoms with E-state index in [1.807, 2.05) is 61.7 Å². The van der Waals surface area contributed by atoms with Crippen LogP contribution in [0.3, 0.4) is 0 Å². The van der Waals surface area contributed by atoms with Gasteiger partial charge in [0.25, 0.3) is 5.91 Å². The number of carbonyl (C=O) groups is 2. The van der Waals surface area contributed by atoms with E-state index >= 15 is 0 Å². The largest absolute Gasteiger partial charge is 0.334 e. The summed E-state index contributed by atoms with van der Waals surface area (Å²) in [5, 5.41) is 3.50. The number of halogens is 2.